The van der Waals surface area contributed by atoms with Crippen molar-refractivity contribution in [3.63, 3.8) is 0 Å². The molecular weight excluding hydrogens is 286 g/mol. The zero-order valence-electron chi connectivity index (χ0n) is 12.1. The molecule has 21 heavy (non-hydrogen) atoms. The molecule has 0 bridgehead atoms. The molecule has 0 unspecified atom stereocenters. The van der Waals surface area contributed by atoms with Crippen LogP contribution >= 0.6 is 11.6 Å². The fourth-order valence-electron chi connectivity index (χ4n) is 2.60. The lowest BCUT2D eigenvalue weighted by atomic mass is 10.1. The third-order valence-electron chi connectivity index (χ3n) is 3.95. The molecule has 0 saturated heterocycles. The van der Waals surface area contributed by atoms with Crippen LogP contribution in [-0.4, -0.2) is 15.5 Å². The minimum absolute atomic E-state index is 0.0208. The van der Waals surface area contributed by atoms with E-state index in [9.17, 15) is 4.79 Å². The Balaban J connectivity index is 1.83. The van der Waals surface area contributed by atoms with Gasteiger partial charge >= 0.3 is 0 Å². The summed E-state index contributed by atoms with van der Waals surface area (Å²) in [5.74, 6) is 1.34. The van der Waals surface area contributed by atoms with Crippen molar-refractivity contribution in [2.75, 3.05) is 0 Å². The number of carbonyl (C=O) groups is 1. The number of aryl methyl sites for hydroxylation is 2. The molecule has 1 N–H and O–H groups in total. The summed E-state index contributed by atoms with van der Waals surface area (Å²) in [7, 11) is 1.96. The molecule has 110 valence electrons. The summed E-state index contributed by atoms with van der Waals surface area (Å²) in [6.45, 7) is 1.90. The predicted octanol–water partition coefficient (Wildman–Crippen LogP) is 3.26. The van der Waals surface area contributed by atoms with Crippen molar-refractivity contribution in [2.45, 2.75) is 25.8 Å². The van der Waals surface area contributed by atoms with Crippen molar-refractivity contribution in [1.82, 2.24) is 14.9 Å². The van der Waals surface area contributed by atoms with E-state index in [1.807, 2.05) is 30.8 Å². The second-order valence-corrected chi connectivity index (χ2v) is 6.08. The molecule has 1 amide bonds. The first kappa shape index (κ1) is 14.1. The molecule has 4 nitrogen and oxygen atoms in total. The van der Waals surface area contributed by atoms with Crippen molar-refractivity contribution in [2.24, 2.45) is 13.0 Å². The van der Waals surface area contributed by atoms with Gasteiger partial charge in [-0.2, -0.15) is 0 Å². The number of nitrogens with one attached hydrogen (secondary N) is 1. The number of nitrogens with zero attached hydrogens (tertiary/aromatic N) is 2. The number of amides is 1. The molecule has 1 aliphatic carbocycles. The van der Waals surface area contributed by atoms with Crippen LogP contribution in [0.15, 0.2) is 30.6 Å². The highest BCUT2D eigenvalue weighted by Crippen LogP contribution is 2.40. The monoisotopic (exact) mass is 303 g/mol. The van der Waals surface area contributed by atoms with E-state index >= 15 is 0 Å². The number of imidazole rings is 1. The van der Waals surface area contributed by atoms with Crippen LogP contribution in [0.25, 0.3) is 0 Å². The number of halogens is 1. The average molecular weight is 304 g/mol. The fraction of sp³-hybridized carbons (Fsp3) is 0.375. The van der Waals surface area contributed by atoms with E-state index in [-0.39, 0.29) is 11.9 Å². The van der Waals surface area contributed by atoms with Crippen LogP contribution in [0.3, 0.4) is 0 Å². The number of hydrogen-bond donors (Lipinski definition) is 1. The van der Waals surface area contributed by atoms with Gasteiger partial charge in [0, 0.05) is 30.0 Å². The Morgan fingerprint density at radius 2 is 2.24 bits per heavy atom. The lowest BCUT2D eigenvalue weighted by Crippen LogP contribution is -2.32. The van der Waals surface area contributed by atoms with Crippen molar-refractivity contribution in [1.29, 1.82) is 0 Å². The minimum Gasteiger partial charge on any atom is -0.342 e. The standard InChI is InChI=1S/C16H18ClN3O/c1-10-9-12(17)5-6-13(10)16(21)19-14(11-3-4-11)15-18-7-8-20(15)2/h5-9,11,14H,3-4H2,1-2H3,(H,19,21)/t14-/m1/s1. The fourth-order valence-corrected chi connectivity index (χ4v) is 2.83. The molecular formula is C16H18ClN3O. The third-order valence-corrected chi connectivity index (χ3v) is 4.18. The quantitative estimate of drug-likeness (QED) is 0.942. The number of hydrogen-bond acceptors (Lipinski definition) is 2. The van der Waals surface area contributed by atoms with Crippen LogP contribution in [0.2, 0.25) is 5.02 Å². The summed E-state index contributed by atoms with van der Waals surface area (Å²) in [6.07, 6.45) is 5.95. The third kappa shape index (κ3) is 2.95. The lowest BCUT2D eigenvalue weighted by Gasteiger charge is -2.19. The summed E-state index contributed by atoms with van der Waals surface area (Å²) >= 11 is 5.94. The van der Waals surface area contributed by atoms with E-state index in [0.717, 1.165) is 24.2 Å². The van der Waals surface area contributed by atoms with Gasteiger partial charge in [0.2, 0.25) is 0 Å². The zero-order chi connectivity index (χ0) is 15.0. The lowest BCUT2D eigenvalue weighted by molar-refractivity contribution is 0.0928. The van der Waals surface area contributed by atoms with Crippen molar-refractivity contribution in [3.05, 3.63) is 52.6 Å². The van der Waals surface area contributed by atoms with Crippen LogP contribution < -0.4 is 5.32 Å². The minimum atomic E-state index is -0.0657. The molecule has 1 aromatic heterocycles. The number of benzene rings is 1. The molecule has 1 fully saturated rings. The van der Waals surface area contributed by atoms with Gasteiger partial charge in [-0.05, 0) is 49.4 Å². The highest BCUT2D eigenvalue weighted by atomic mass is 35.5. The van der Waals surface area contributed by atoms with Gasteiger partial charge in [-0.3, -0.25) is 4.79 Å². The maximum atomic E-state index is 12.5. The van der Waals surface area contributed by atoms with E-state index in [2.05, 4.69) is 10.3 Å². The van der Waals surface area contributed by atoms with Crippen LogP contribution in [0, 0.1) is 12.8 Å². The molecule has 1 saturated carbocycles. The SMILES string of the molecule is Cc1cc(Cl)ccc1C(=O)N[C@@H](c1nccn1C)C1CC1. The summed E-state index contributed by atoms with van der Waals surface area (Å²) in [5.41, 5.74) is 1.55. The summed E-state index contributed by atoms with van der Waals surface area (Å²) in [5, 5.41) is 3.78. The van der Waals surface area contributed by atoms with Gasteiger partial charge in [-0.15, -0.1) is 0 Å². The van der Waals surface area contributed by atoms with Gasteiger partial charge < -0.3 is 9.88 Å². The Hall–Kier alpha value is -1.81. The van der Waals surface area contributed by atoms with E-state index in [0.29, 0.717) is 16.5 Å². The van der Waals surface area contributed by atoms with E-state index in [1.165, 1.54) is 0 Å². The molecule has 1 aliphatic rings. The maximum absolute atomic E-state index is 12.5. The highest BCUT2D eigenvalue weighted by Gasteiger charge is 2.35. The predicted molar refractivity (Wildman–Crippen MR) is 82.3 cm³/mol. The van der Waals surface area contributed by atoms with Gasteiger partial charge in [0.05, 0.1) is 6.04 Å². The Labute approximate surface area is 129 Å². The van der Waals surface area contributed by atoms with E-state index < -0.39 is 0 Å². The van der Waals surface area contributed by atoms with Crippen LogP contribution in [0.5, 0.6) is 0 Å². The average Bonchev–Trinajstić information content (AvgIpc) is 3.18. The molecule has 0 radical (unpaired) electrons. The second kappa shape index (κ2) is 5.53. The number of rotatable bonds is 4. The molecule has 3 rings (SSSR count). The first-order valence-electron chi connectivity index (χ1n) is 7.10. The number of carbonyl (C=O) groups excluding carboxylic acids is 1. The van der Waals surface area contributed by atoms with Crippen molar-refractivity contribution in [3.8, 4) is 0 Å². The van der Waals surface area contributed by atoms with Crippen LogP contribution in [0.1, 0.15) is 40.6 Å². The second-order valence-electron chi connectivity index (χ2n) is 5.64. The summed E-state index contributed by atoms with van der Waals surface area (Å²) in [4.78, 5) is 16.9. The molecule has 0 spiro atoms. The maximum Gasteiger partial charge on any atom is 0.252 e. The number of aromatic nitrogens is 2. The van der Waals surface area contributed by atoms with Gasteiger partial charge in [0.1, 0.15) is 5.82 Å². The summed E-state index contributed by atoms with van der Waals surface area (Å²) < 4.78 is 1.97. The van der Waals surface area contributed by atoms with Crippen LogP contribution in [0.4, 0.5) is 0 Å². The Kier molecular flexibility index (Phi) is 3.72. The van der Waals surface area contributed by atoms with Gasteiger partial charge in [0.25, 0.3) is 5.91 Å². The Bertz CT molecular complexity index is 676. The molecule has 2 aromatic rings. The zero-order valence-corrected chi connectivity index (χ0v) is 12.9. The first-order valence-corrected chi connectivity index (χ1v) is 7.48. The van der Waals surface area contributed by atoms with Gasteiger partial charge in [-0.25, -0.2) is 4.98 Å². The Morgan fingerprint density at radius 3 is 2.81 bits per heavy atom. The molecule has 5 heteroatoms. The normalized spacial score (nSPS) is 15.8. The van der Waals surface area contributed by atoms with E-state index in [1.54, 1.807) is 18.3 Å². The van der Waals surface area contributed by atoms with Gasteiger partial charge in [-0.1, -0.05) is 11.6 Å². The smallest absolute Gasteiger partial charge is 0.252 e. The molecule has 0 aliphatic heterocycles. The topological polar surface area (TPSA) is 46.9 Å². The van der Waals surface area contributed by atoms with Gasteiger partial charge in [0.15, 0.2) is 0 Å². The highest BCUT2D eigenvalue weighted by molar-refractivity contribution is 6.30. The molecule has 1 heterocycles. The Morgan fingerprint density at radius 1 is 1.48 bits per heavy atom. The first-order chi connectivity index (χ1) is 10.1. The molecule has 1 aromatic carbocycles. The summed E-state index contributed by atoms with van der Waals surface area (Å²) in [6, 6.07) is 5.31. The van der Waals surface area contributed by atoms with Crippen molar-refractivity contribution >= 4 is 17.5 Å². The van der Waals surface area contributed by atoms with Crippen LogP contribution in [-0.2, 0) is 7.05 Å². The van der Waals surface area contributed by atoms with Crippen molar-refractivity contribution < 1.29 is 4.79 Å². The molecule has 1 atom stereocenters. The van der Waals surface area contributed by atoms with E-state index in [4.69, 9.17) is 11.6 Å². The largest absolute Gasteiger partial charge is 0.342 e.